The van der Waals surface area contributed by atoms with Crippen molar-refractivity contribution in [3.8, 4) is 16.8 Å². The van der Waals surface area contributed by atoms with Crippen molar-refractivity contribution < 1.29 is 0 Å². The Balaban J connectivity index is 1.16. The van der Waals surface area contributed by atoms with Crippen molar-refractivity contribution in [2.45, 2.75) is 26.2 Å². The molecule has 0 atom stereocenters. The number of allylic oxidation sites excluding steroid dienone is 5. The minimum Gasteiger partial charge on any atom is -0.310 e. The molecule has 0 bridgehead atoms. The van der Waals surface area contributed by atoms with Gasteiger partial charge < -0.3 is 9.47 Å². The minimum absolute atomic E-state index is 0.142. The van der Waals surface area contributed by atoms with E-state index in [4.69, 9.17) is 0 Å². The zero-order chi connectivity index (χ0) is 37.3. The standard InChI is InChI=1S/C52H40N2S/c1-5-15-39-40-30-28-37(32-46(40)52(3,4)45(39)6-2)53(36-26-24-35(25-27-36)34-16-8-7-9-17-34)38-29-31-43-44-20-14-23-49(51(44)55-50(43)33-38)54-47-21-12-10-18-41(47)42-19-11-13-22-48(42)54/h5-33H,1H2,2-4H3/b39-15-,45-6+. The van der Waals surface area contributed by atoms with E-state index >= 15 is 0 Å². The second kappa shape index (κ2) is 12.9. The lowest BCUT2D eigenvalue weighted by molar-refractivity contribution is 0.659. The molecule has 0 saturated heterocycles. The third-order valence-electron chi connectivity index (χ3n) is 11.5. The second-order valence-electron chi connectivity index (χ2n) is 14.9. The van der Waals surface area contributed by atoms with Gasteiger partial charge >= 0.3 is 0 Å². The Morgan fingerprint density at radius 1 is 0.600 bits per heavy atom. The molecular formula is C52H40N2S. The van der Waals surface area contributed by atoms with E-state index in [1.165, 1.54) is 81.1 Å². The predicted octanol–water partition coefficient (Wildman–Crippen LogP) is 15.1. The van der Waals surface area contributed by atoms with Gasteiger partial charge in [0.15, 0.2) is 0 Å². The van der Waals surface area contributed by atoms with Crippen LogP contribution in [0.4, 0.5) is 17.1 Å². The van der Waals surface area contributed by atoms with Gasteiger partial charge in [0.05, 0.1) is 21.4 Å². The average Bonchev–Trinajstić information content (AvgIpc) is 3.83. The molecule has 2 aromatic heterocycles. The fourth-order valence-corrected chi connectivity index (χ4v) is 10.3. The molecule has 0 aliphatic heterocycles. The Hall–Kier alpha value is -6.42. The highest BCUT2D eigenvalue weighted by molar-refractivity contribution is 7.26. The maximum atomic E-state index is 4.04. The van der Waals surface area contributed by atoms with Gasteiger partial charge in [-0.1, -0.05) is 142 Å². The highest BCUT2D eigenvalue weighted by atomic mass is 32.1. The summed E-state index contributed by atoms with van der Waals surface area (Å²) in [6.45, 7) is 10.9. The fourth-order valence-electron chi connectivity index (χ4n) is 9.01. The molecule has 3 heteroatoms. The summed E-state index contributed by atoms with van der Waals surface area (Å²) in [6, 6.07) is 57.9. The van der Waals surface area contributed by atoms with Crippen molar-refractivity contribution >= 4 is 76.0 Å². The topological polar surface area (TPSA) is 8.17 Å². The Kier molecular flexibility index (Phi) is 7.76. The molecule has 0 spiro atoms. The third kappa shape index (κ3) is 5.15. The van der Waals surface area contributed by atoms with Crippen molar-refractivity contribution in [2.24, 2.45) is 0 Å². The molecule has 7 aromatic carbocycles. The second-order valence-corrected chi connectivity index (χ2v) is 16.0. The van der Waals surface area contributed by atoms with Crippen molar-refractivity contribution in [3.05, 3.63) is 199 Å². The van der Waals surface area contributed by atoms with E-state index in [1.807, 2.05) is 17.4 Å². The quantitative estimate of drug-likeness (QED) is 0.166. The predicted molar refractivity (Wildman–Crippen MR) is 239 cm³/mol. The number of para-hydroxylation sites is 2. The van der Waals surface area contributed by atoms with Gasteiger partial charge in [0.1, 0.15) is 0 Å². The number of hydrogen-bond acceptors (Lipinski definition) is 2. The van der Waals surface area contributed by atoms with E-state index in [9.17, 15) is 0 Å². The molecule has 0 fully saturated rings. The van der Waals surface area contributed by atoms with Gasteiger partial charge in [0.25, 0.3) is 0 Å². The van der Waals surface area contributed by atoms with Crippen LogP contribution in [0.15, 0.2) is 188 Å². The number of hydrogen-bond donors (Lipinski definition) is 0. The van der Waals surface area contributed by atoms with Gasteiger partial charge in [0, 0.05) is 48.7 Å². The number of fused-ring (bicyclic) bond motifs is 7. The molecule has 0 N–H and O–H groups in total. The van der Waals surface area contributed by atoms with E-state index in [0.717, 1.165) is 17.1 Å². The molecule has 0 unspecified atom stereocenters. The number of benzene rings is 7. The van der Waals surface area contributed by atoms with Crippen LogP contribution in [-0.2, 0) is 5.41 Å². The van der Waals surface area contributed by atoms with Crippen LogP contribution in [0.1, 0.15) is 31.9 Å². The van der Waals surface area contributed by atoms with Gasteiger partial charge in [-0.25, -0.2) is 0 Å². The molecule has 9 aromatic rings. The summed E-state index contributed by atoms with van der Waals surface area (Å²) in [5, 5.41) is 5.11. The average molecular weight is 725 g/mol. The summed E-state index contributed by atoms with van der Waals surface area (Å²) in [6.07, 6.45) is 6.33. The van der Waals surface area contributed by atoms with E-state index < -0.39 is 0 Å². The number of anilines is 3. The van der Waals surface area contributed by atoms with Gasteiger partial charge in [0.2, 0.25) is 0 Å². The van der Waals surface area contributed by atoms with Crippen molar-refractivity contribution in [2.75, 3.05) is 4.90 Å². The summed E-state index contributed by atoms with van der Waals surface area (Å²) in [7, 11) is 0. The summed E-state index contributed by atoms with van der Waals surface area (Å²) in [4.78, 5) is 2.42. The molecule has 2 nitrogen and oxygen atoms in total. The Morgan fingerprint density at radius 2 is 1.22 bits per heavy atom. The summed E-state index contributed by atoms with van der Waals surface area (Å²) in [5.41, 5.74) is 14.5. The third-order valence-corrected chi connectivity index (χ3v) is 12.7. The van der Waals surface area contributed by atoms with E-state index in [0.29, 0.717) is 0 Å². The lowest BCUT2D eigenvalue weighted by Crippen LogP contribution is -2.16. The maximum Gasteiger partial charge on any atom is 0.0640 e. The zero-order valence-corrected chi connectivity index (χ0v) is 32.1. The van der Waals surface area contributed by atoms with Crippen LogP contribution >= 0.6 is 11.3 Å². The number of rotatable bonds is 6. The fraction of sp³-hybridized carbons (Fsp3) is 0.0769. The first-order chi connectivity index (χ1) is 27.0. The first-order valence-corrected chi connectivity index (χ1v) is 19.8. The molecule has 55 heavy (non-hydrogen) atoms. The van der Waals surface area contributed by atoms with Crippen LogP contribution in [-0.4, -0.2) is 4.57 Å². The summed E-state index contributed by atoms with van der Waals surface area (Å²) < 4.78 is 5.00. The monoisotopic (exact) mass is 724 g/mol. The SMILES string of the molecule is C=C/C=C1\C(=C/C)C(C)(C)c2cc(N(c3ccc(-c4ccccc4)cc3)c3ccc4c(c3)sc3c(-n5c6ccccc6c6ccccc65)cccc34)ccc21. The highest BCUT2D eigenvalue weighted by Gasteiger charge is 2.38. The van der Waals surface area contributed by atoms with Gasteiger partial charge in [-0.05, 0) is 94.9 Å². The van der Waals surface area contributed by atoms with Crippen LogP contribution in [0.2, 0.25) is 0 Å². The molecular weight excluding hydrogens is 685 g/mol. The van der Waals surface area contributed by atoms with Gasteiger partial charge in [-0.3, -0.25) is 0 Å². The van der Waals surface area contributed by atoms with Crippen LogP contribution in [0.3, 0.4) is 0 Å². The van der Waals surface area contributed by atoms with Crippen LogP contribution in [0, 0.1) is 0 Å². The molecule has 264 valence electrons. The Bertz CT molecular complexity index is 2970. The molecule has 0 saturated carbocycles. The van der Waals surface area contributed by atoms with Crippen molar-refractivity contribution in [1.29, 1.82) is 0 Å². The Morgan fingerprint density at radius 3 is 1.93 bits per heavy atom. The van der Waals surface area contributed by atoms with Crippen molar-refractivity contribution in [1.82, 2.24) is 4.57 Å². The van der Waals surface area contributed by atoms with Gasteiger partial charge in [-0.2, -0.15) is 0 Å². The summed E-state index contributed by atoms with van der Waals surface area (Å²) >= 11 is 1.88. The smallest absolute Gasteiger partial charge is 0.0640 e. The highest BCUT2D eigenvalue weighted by Crippen LogP contribution is 2.52. The lowest BCUT2D eigenvalue weighted by atomic mass is 9.82. The van der Waals surface area contributed by atoms with Crippen molar-refractivity contribution in [3.63, 3.8) is 0 Å². The number of thiophene rings is 1. The molecule has 0 amide bonds. The van der Waals surface area contributed by atoms with Crippen LogP contribution < -0.4 is 4.90 Å². The molecule has 0 radical (unpaired) electrons. The molecule has 1 aliphatic rings. The van der Waals surface area contributed by atoms with Crippen LogP contribution in [0.25, 0.3) is 64.4 Å². The molecule has 1 aliphatic carbocycles. The van der Waals surface area contributed by atoms with E-state index in [-0.39, 0.29) is 5.41 Å². The number of aromatic nitrogens is 1. The van der Waals surface area contributed by atoms with E-state index in [1.54, 1.807) is 0 Å². The van der Waals surface area contributed by atoms with Crippen LogP contribution in [0.5, 0.6) is 0 Å². The van der Waals surface area contributed by atoms with Gasteiger partial charge in [-0.15, -0.1) is 11.3 Å². The maximum absolute atomic E-state index is 4.04. The normalized spacial score (nSPS) is 15.1. The zero-order valence-electron chi connectivity index (χ0n) is 31.3. The lowest BCUT2D eigenvalue weighted by Gasteiger charge is -2.28. The molecule has 2 heterocycles. The summed E-state index contributed by atoms with van der Waals surface area (Å²) in [5.74, 6) is 0. The first kappa shape index (κ1) is 33.2. The first-order valence-electron chi connectivity index (χ1n) is 19.0. The Labute approximate surface area is 326 Å². The number of nitrogens with zero attached hydrogens (tertiary/aromatic N) is 2. The minimum atomic E-state index is -0.142. The van der Waals surface area contributed by atoms with E-state index in [2.05, 4.69) is 207 Å². The largest absolute Gasteiger partial charge is 0.310 e. The molecule has 10 rings (SSSR count).